The number of alkyl halides is 3. The van der Waals surface area contributed by atoms with Crippen molar-refractivity contribution in [2.75, 3.05) is 5.75 Å². The number of hydrogen-bond donors (Lipinski definition) is 1. The Balaban J connectivity index is 0.000000480. The van der Waals surface area contributed by atoms with E-state index in [0.29, 0.717) is 28.3 Å². The van der Waals surface area contributed by atoms with Crippen LogP contribution in [0.2, 0.25) is 0 Å². The summed E-state index contributed by atoms with van der Waals surface area (Å²) in [5, 5.41) is 5.61. The zero-order valence-corrected chi connectivity index (χ0v) is 20.4. The second kappa shape index (κ2) is 11.5. The molecule has 3 heterocycles. The van der Waals surface area contributed by atoms with E-state index in [1.165, 1.54) is 0 Å². The van der Waals surface area contributed by atoms with E-state index >= 15 is 0 Å². The van der Waals surface area contributed by atoms with Crippen molar-refractivity contribution in [3.8, 4) is 11.3 Å². The number of aromatic amines is 1. The number of para-hydroxylation sites is 1. The maximum Gasteiger partial charge on any atom is 0.446 e. The Labute approximate surface area is 213 Å². The minimum Gasteiger partial charge on any atom is -0.346 e. The normalized spacial score (nSPS) is 18.4. The number of rotatable bonds is 5. The maximum absolute atomic E-state index is 12.8. The van der Waals surface area contributed by atoms with Gasteiger partial charge in [0.1, 0.15) is 12.0 Å². The third-order valence-electron chi connectivity index (χ3n) is 6.17. The molecule has 0 saturated heterocycles. The van der Waals surface area contributed by atoms with Gasteiger partial charge in [0.05, 0.1) is 24.5 Å². The number of carbonyl (C=O) groups is 1. The zero-order valence-electron chi connectivity index (χ0n) is 19.6. The molecule has 1 unspecified atom stereocenters. The Hall–Kier alpha value is -3.85. The molecular weight excluding hydrogens is 505 g/mol. The van der Waals surface area contributed by atoms with Crippen molar-refractivity contribution in [3.63, 3.8) is 0 Å². The van der Waals surface area contributed by atoms with Crippen molar-refractivity contribution >= 4 is 33.8 Å². The Morgan fingerprint density at radius 2 is 1.89 bits per heavy atom. The van der Waals surface area contributed by atoms with Crippen LogP contribution in [0.15, 0.2) is 60.1 Å². The number of aldehydes is 1. The molecule has 1 fully saturated rings. The van der Waals surface area contributed by atoms with Crippen molar-refractivity contribution in [1.82, 2.24) is 24.7 Å². The monoisotopic (exact) mass is 528 g/mol. The van der Waals surface area contributed by atoms with Crippen LogP contribution in [0.25, 0.3) is 27.1 Å². The van der Waals surface area contributed by atoms with Gasteiger partial charge < -0.3 is 4.98 Å². The van der Waals surface area contributed by atoms with E-state index in [-0.39, 0.29) is 0 Å². The second-order valence-corrected chi connectivity index (χ2v) is 10.1. The fourth-order valence-electron chi connectivity index (χ4n) is 4.38. The molecule has 1 aromatic carbocycles. The lowest BCUT2D eigenvalue weighted by atomic mass is 9.87. The van der Waals surface area contributed by atoms with Crippen LogP contribution in [0.1, 0.15) is 31.7 Å². The Bertz CT molecular complexity index is 1430. The summed E-state index contributed by atoms with van der Waals surface area (Å²) in [6, 6.07) is 9.56. The third kappa shape index (κ3) is 6.48. The Morgan fingerprint density at radius 3 is 2.59 bits per heavy atom. The average Bonchev–Trinajstić information content (AvgIpc) is 3.59. The number of H-pyrrole nitrogens is 1. The summed E-state index contributed by atoms with van der Waals surface area (Å²) in [7, 11) is -1.13. The van der Waals surface area contributed by atoms with Gasteiger partial charge in [-0.25, -0.2) is 14.8 Å². The van der Waals surface area contributed by atoms with Crippen LogP contribution in [-0.4, -0.2) is 47.2 Å². The molecule has 1 atom stereocenters. The number of hydrogen-bond acceptors (Lipinski definition) is 5. The standard InChI is InChI=1S/C23H22N6OS.C2HF3O/c1-24-20-4-2-3-5-21(20)31(30)14-16-6-8-18(9-7-16)29-13-17(12-28-29)22-19-10-11-25-23(19)27-15-26-22;3-2(4,5)1-6/h2-5,10-13,15-16,18H,6-9,14H2,(H,25,26,27);1H. The van der Waals surface area contributed by atoms with Gasteiger partial charge in [-0.1, -0.05) is 24.3 Å². The molecule has 3 aromatic heterocycles. The quantitative estimate of drug-likeness (QED) is 0.266. The third-order valence-corrected chi connectivity index (χ3v) is 7.78. The molecule has 1 aliphatic carbocycles. The maximum atomic E-state index is 12.8. The number of nitrogens with one attached hydrogen (secondary N) is 1. The molecule has 1 aliphatic rings. The lowest BCUT2D eigenvalue weighted by Gasteiger charge is -2.28. The van der Waals surface area contributed by atoms with Crippen LogP contribution in [0.4, 0.5) is 18.9 Å². The molecule has 0 bridgehead atoms. The highest BCUT2D eigenvalue weighted by atomic mass is 32.2. The van der Waals surface area contributed by atoms with Crippen molar-refractivity contribution in [3.05, 3.63) is 66.7 Å². The predicted octanol–water partition coefficient (Wildman–Crippen LogP) is 5.66. The number of aromatic nitrogens is 5. The van der Waals surface area contributed by atoms with Crippen LogP contribution in [0.5, 0.6) is 0 Å². The second-order valence-electron chi connectivity index (χ2n) is 8.60. The summed E-state index contributed by atoms with van der Waals surface area (Å²) in [6.07, 6.45) is 5.74. The minimum absolute atomic E-state index is 0.345. The van der Waals surface area contributed by atoms with Crippen LogP contribution in [0, 0.1) is 12.5 Å². The zero-order chi connectivity index (χ0) is 26.4. The van der Waals surface area contributed by atoms with Crippen molar-refractivity contribution in [2.24, 2.45) is 5.92 Å². The summed E-state index contributed by atoms with van der Waals surface area (Å²) in [4.78, 5) is 24.7. The molecule has 4 aromatic rings. The minimum atomic E-state index is -4.64. The van der Waals surface area contributed by atoms with Crippen LogP contribution >= 0.6 is 0 Å². The highest BCUT2D eigenvalue weighted by molar-refractivity contribution is 7.85. The number of fused-ring (bicyclic) bond motifs is 1. The lowest BCUT2D eigenvalue weighted by molar-refractivity contribution is -0.156. The first kappa shape index (κ1) is 26.2. The molecule has 0 aliphatic heterocycles. The molecule has 37 heavy (non-hydrogen) atoms. The molecule has 0 amide bonds. The number of nitrogens with zero attached hydrogens (tertiary/aromatic N) is 5. The summed E-state index contributed by atoms with van der Waals surface area (Å²) in [5.74, 6) is 1.03. The van der Waals surface area contributed by atoms with Crippen LogP contribution < -0.4 is 0 Å². The summed E-state index contributed by atoms with van der Waals surface area (Å²) in [6.45, 7) is 7.29. The van der Waals surface area contributed by atoms with E-state index in [1.54, 1.807) is 12.4 Å². The highest BCUT2D eigenvalue weighted by Crippen LogP contribution is 2.35. The molecule has 0 spiro atoms. The largest absolute Gasteiger partial charge is 0.446 e. The smallest absolute Gasteiger partial charge is 0.346 e. The van der Waals surface area contributed by atoms with E-state index in [0.717, 1.165) is 48.0 Å². The first-order chi connectivity index (χ1) is 17.8. The number of benzene rings is 1. The van der Waals surface area contributed by atoms with Crippen LogP contribution in [-0.2, 0) is 15.6 Å². The number of carbonyl (C=O) groups excluding carboxylic acids is 1. The molecule has 192 valence electrons. The van der Waals surface area contributed by atoms with Crippen molar-refractivity contribution < 1.29 is 22.2 Å². The summed E-state index contributed by atoms with van der Waals surface area (Å²) in [5.41, 5.74) is 3.21. The number of halogens is 3. The topological polar surface area (TPSA) is 97.9 Å². The van der Waals surface area contributed by atoms with E-state index in [2.05, 4.69) is 35.8 Å². The van der Waals surface area contributed by atoms with Gasteiger partial charge >= 0.3 is 6.18 Å². The van der Waals surface area contributed by atoms with E-state index < -0.39 is 23.3 Å². The SMILES string of the molecule is O=CC(F)(F)F.[C-]#[N+]c1ccccc1S(=O)CC1CCC(n2cc(-c3ncnc4[nH]ccc34)cn2)CC1. The highest BCUT2D eigenvalue weighted by Gasteiger charge is 2.26. The van der Waals surface area contributed by atoms with Crippen molar-refractivity contribution in [2.45, 2.75) is 42.8 Å². The van der Waals surface area contributed by atoms with Gasteiger partial charge in [0.15, 0.2) is 0 Å². The molecule has 1 saturated carbocycles. The van der Waals surface area contributed by atoms with Crippen molar-refractivity contribution in [1.29, 1.82) is 0 Å². The fraction of sp³-hybridized carbons (Fsp3) is 0.320. The van der Waals surface area contributed by atoms with Gasteiger partial charge in [-0.15, -0.1) is 0 Å². The van der Waals surface area contributed by atoms with E-state index in [1.807, 2.05) is 36.7 Å². The first-order valence-corrected chi connectivity index (χ1v) is 12.8. The molecule has 12 heteroatoms. The molecule has 1 N–H and O–H groups in total. The first-order valence-electron chi connectivity index (χ1n) is 11.5. The molecule has 0 radical (unpaired) electrons. The van der Waals surface area contributed by atoms with Gasteiger partial charge in [0.2, 0.25) is 12.0 Å². The predicted molar refractivity (Wildman–Crippen MR) is 132 cm³/mol. The molecule has 8 nitrogen and oxygen atoms in total. The van der Waals surface area contributed by atoms with Gasteiger partial charge in [-0.2, -0.15) is 18.3 Å². The van der Waals surface area contributed by atoms with E-state index in [9.17, 15) is 17.4 Å². The van der Waals surface area contributed by atoms with Gasteiger partial charge in [-0.3, -0.25) is 13.7 Å². The van der Waals surface area contributed by atoms with E-state index in [4.69, 9.17) is 11.4 Å². The van der Waals surface area contributed by atoms with Crippen LogP contribution in [0.3, 0.4) is 0 Å². The van der Waals surface area contributed by atoms with Gasteiger partial charge in [-0.05, 0) is 37.7 Å². The van der Waals surface area contributed by atoms with Gasteiger partial charge in [0.25, 0.3) is 0 Å². The van der Waals surface area contributed by atoms with Gasteiger partial charge in [0, 0.05) is 44.8 Å². The molecule has 5 rings (SSSR count). The summed E-state index contributed by atoms with van der Waals surface area (Å²) >= 11 is 0. The Kier molecular flexibility index (Phi) is 8.13. The Morgan fingerprint density at radius 1 is 1.16 bits per heavy atom. The summed E-state index contributed by atoms with van der Waals surface area (Å²) < 4.78 is 46.1. The fourth-order valence-corrected chi connectivity index (χ4v) is 5.90. The lowest BCUT2D eigenvalue weighted by Crippen LogP contribution is -2.22. The average molecular weight is 529 g/mol. The molecular formula is C25H23F3N6O2S.